The normalized spacial score (nSPS) is 13.7. The van der Waals surface area contributed by atoms with Crippen molar-refractivity contribution < 1.29 is 23.0 Å². The average Bonchev–Trinajstić information content (AvgIpc) is 2.49. The van der Waals surface area contributed by atoms with Gasteiger partial charge in [0.2, 0.25) is 5.82 Å². The highest BCUT2D eigenvalue weighted by Crippen LogP contribution is 2.32. The summed E-state index contributed by atoms with van der Waals surface area (Å²) in [6.07, 6.45) is -5.42. The molecular weight excluding hydrogens is 329 g/mol. The topological polar surface area (TPSA) is 55.2 Å². The van der Waals surface area contributed by atoms with Crippen molar-refractivity contribution in [2.45, 2.75) is 37.3 Å². The van der Waals surface area contributed by atoms with Crippen molar-refractivity contribution in [3.63, 3.8) is 0 Å². The summed E-state index contributed by atoms with van der Waals surface area (Å²) in [5.74, 6) is -0.989. The van der Waals surface area contributed by atoms with Crippen LogP contribution in [0.2, 0.25) is 0 Å². The second kappa shape index (κ2) is 7.46. The summed E-state index contributed by atoms with van der Waals surface area (Å²) >= 11 is 1.06. The van der Waals surface area contributed by atoms with E-state index in [9.17, 15) is 18.3 Å². The largest absolute Gasteiger partial charge is 0.451 e. The van der Waals surface area contributed by atoms with E-state index in [1.165, 1.54) is 6.07 Å². The Labute approximate surface area is 136 Å². The Hall–Kier alpha value is -1.38. The van der Waals surface area contributed by atoms with E-state index in [2.05, 4.69) is 9.97 Å². The molecular formula is C15H17F3N2O2S. The predicted molar refractivity (Wildman–Crippen MR) is 82.4 cm³/mol. The number of rotatable bonds is 6. The van der Waals surface area contributed by atoms with Crippen LogP contribution in [0.3, 0.4) is 0 Å². The van der Waals surface area contributed by atoms with Gasteiger partial charge in [-0.25, -0.2) is 9.97 Å². The van der Waals surface area contributed by atoms with E-state index in [4.69, 9.17) is 4.74 Å². The number of fused-ring (bicyclic) bond motifs is 1. The van der Waals surface area contributed by atoms with Crippen molar-refractivity contribution in [2.75, 3.05) is 12.4 Å². The summed E-state index contributed by atoms with van der Waals surface area (Å²) in [7, 11) is 0. The Kier molecular flexibility index (Phi) is 5.83. The van der Waals surface area contributed by atoms with Crippen LogP contribution in [0.5, 0.6) is 0 Å². The van der Waals surface area contributed by atoms with Crippen molar-refractivity contribution >= 4 is 22.7 Å². The first-order chi connectivity index (χ1) is 10.8. The fourth-order valence-electron chi connectivity index (χ4n) is 1.81. The lowest BCUT2D eigenvalue weighted by Crippen LogP contribution is -2.21. The van der Waals surface area contributed by atoms with E-state index >= 15 is 0 Å². The lowest BCUT2D eigenvalue weighted by Gasteiger charge is -2.14. The van der Waals surface area contributed by atoms with E-state index in [0.29, 0.717) is 5.39 Å². The lowest BCUT2D eigenvalue weighted by atomic mass is 10.2. The second-order valence-corrected chi connectivity index (χ2v) is 6.22. The van der Waals surface area contributed by atoms with Crippen LogP contribution in [0.1, 0.15) is 19.7 Å². The first-order valence-corrected chi connectivity index (χ1v) is 8.02. The van der Waals surface area contributed by atoms with Gasteiger partial charge in [-0.3, -0.25) is 0 Å². The van der Waals surface area contributed by atoms with Gasteiger partial charge in [0.15, 0.2) is 0 Å². The molecule has 0 aliphatic heterocycles. The number of ether oxygens (including phenoxy) is 1. The molecule has 0 aliphatic rings. The molecule has 0 bridgehead atoms. The average molecular weight is 346 g/mol. The van der Waals surface area contributed by atoms with Gasteiger partial charge in [-0.1, -0.05) is 18.2 Å². The van der Waals surface area contributed by atoms with Gasteiger partial charge >= 0.3 is 6.18 Å². The maximum absolute atomic E-state index is 12.9. The molecule has 126 valence electrons. The van der Waals surface area contributed by atoms with E-state index in [-0.39, 0.29) is 29.0 Å². The lowest BCUT2D eigenvalue weighted by molar-refractivity contribution is -0.145. The molecule has 0 saturated heterocycles. The fraction of sp³-hybridized carbons (Fsp3) is 0.467. The van der Waals surface area contributed by atoms with Crippen LogP contribution in [-0.2, 0) is 10.9 Å². The van der Waals surface area contributed by atoms with Crippen LogP contribution >= 0.6 is 11.8 Å². The molecule has 0 saturated carbocycles. The molecule has 1 aromatic carbocycles. The van der Waals surface area contributed by atoms with Crippen molar-refractivity contribution in [1.82, 2.24) is 9.97 Å². The van der Waals surface area contributed by atoms with E-state index in [1.54, 1.807) is 18.2 Å². The molecule has 0 fully saturated rings. The fourth-order valence-corrected chi connectivity index (χ4v) is 2.74. The highest BCUT2D eigenvalue weighted by Gasteiger charge is 2.35. The molecule has 1 heterocycles. The highest BCUT2D eigenvalue weighted by atomic mass is 32.2. The Morgan fingerprint density at radius 2 is 1.91 bits per heavy atom. The zero-order valence-electron chi connectivity index (χ0n) is 12.7. The molecule has 1 N–H and O–H groups in total. The summed E-state index contributed by atoms with van der Waals surface area (Å²) in [6.45, 7) is 3.81. The third kappa shape index (κ3) is 5.05. The number of hydrogen-bond acceptors (Lipinski definition) is 5. The number of benzene rings is 1. The minimum Gasteiger partial charge on any atom is -0.390 e. The van der Waals surface area contributed by atoms with Gasteiger partial charge in [0.25, 0.3) is 0 Å². The third-order valence-corrected chi connectivity index (χ3v) is 3.99. The molecule has 0 aliphatic carbocycles. The van der Waals surface area contributed by atoms with Crippen LogP contribution in [0.4, 0.5) is 13.2 Å². The Morgan fingerprint density at radius 1 is 1.22 bits per heavy atom. The van der Waals surface area contributed by atoms with Crippen molar-refractivity contribution in [2.24, 2.45) is 0 Å². The third-order valence-electron chi connectivity index (χ3n) is 2.86. The van der Waals surface area contributed by atoms with Gasteiger partial charge in [-0.15, -0.1) is 11.8 Å². The molecule has 4 nitrogen and oxygen atoms in total. The van der Waals surface area contributed by atoms with E-state index < -0.39 is 18.1 Å². The van der Waals surface area contributed by atoms with Crippen LogP contribution < -0.4 is 0 Å². The van der Waals surface area contributed by atoms with Gasteiger partial charge in [0, 0.05) is 11.1 Å². The SMILES string of the molecule is CC(C)OCC(O)CSc1nc(C(F)(F)F)nc2ccccc12. The van der Waals surface area contributed by atoms with Crippen LogP contribution in [0.15, 0.2) is 29.3 Å². The summed E-state index contributed by atoms with van der Waals surface area (Å²) in [5.41, 5.74) is 0.227. The number of aliphatic hydroxyl groups excluding tert-OH is 1. The van der Waals surface area contributed by atoms with Crippen LogP contribution in [0, 0.1) is 0 Å². The van der Waals surface area contributed by atoms with Crippen LogP contribution in [0.25, 0.3) is 10.9 Å². The Morgan fingerprint density at radius 3 is 2.57 bits per heavy atom. The first kappa shape index (κ1) is 18.0. The van der Waals surface area contributed by atoms with Gasteiger partial charge in [-0.2, -0.15) is 13.2 Å². The smallest absolute Gasteiger partial charge is 0.390 e. The molecule has 1 atom stereocenters. The number of nitrogens with zero attached hydrogens (tertiary/aromatic N) is 2. The number of alkyl halides is 3. The summed E-state index contributed by atoms with van der Waals surface area (Å²) in [6, 6.07) is 6.50. The van der Waals surface area contributed by atoms with Gasteiger partial charge in [-0.05, 0) is 19.9 Å². The molecule has 0 radical (unpaired) electrons. The van der Waals surface area contributed by atoms with Crippen molar-refractivity contribution in [3.05, 3.63) is 30.1 Å². The maximum atomic E-state index is 12.9. The molecule has 2 rings (SSSR count). The molecule has 1 unspecified atom stereocenters. The van der Waals surface area contributed by atoms with E-state index in [1.807, 2.05) is 13.8 Å². The monoisotopic (exact) mass is 346 g/mol. The Bertz CT molecular complexity index is 665. The number of aromatic nitrogens is 2. The minimum absolute atomic E-state index is 0.0219. The number of aliphatic hydroxyl groups is 1. The molecule has 0 amide bonds. The molecule has 0 spiro atoms. The molecule has 1 aromatic heterocycles. The Balaban J connectivity index is 2.21. The van der Waals surface area contributed by atoms with Crippen molar-refractivity contribution in [3.8, 4) is 0 Å². The number of thioether (sulfide) groups is 1. The minimum atomic E-state index is -4.61. The second-order valence-electron chi connectivity index (χ2n) is 5.21. The van der Waals surface area contributed by atoms with Gasteiger partial charge < -0.3 is 9.84 Å². The predicted octanol–water partition coefficient (Wildman–Crippen LogP) is 3.53. The highest BCUT2D eigenvalue weighted by molar-refractivity contribution is 7.99. The van der Waals surface area contributed by atoms with Crippen molar-refractivity contribution in [1.29, 1.82) is 0 Å². The zero-order valence-corrected chi connectivity index (χ0v) is 13.5. The summed E-state index contributed by atoms with van der Waals surface area (Å²) < 4.78 is 44.0. The molecule has 23 heavy (non-hydrogen) atoms. The number of para-hydroxylation sites is 1. The van der Waals surface area contributed by atoms with Gasteiger partial charge in [0.05, 0.1) is 24.3 Å². The molecule has 2 aromatic rings. The standard InChI is InChI=1S/C15H17F3N2O2S/c1-9(2)22-7-10(21)8-23-13-11-5-3-4-6-12(11)19-14(20-13)15(16,17)18/h3-6,9-10,21H,7-8H2,1-2H3. The quantitative estimate of drug-likeness (QED) is 0.641. The zero-order chi connectivity index (χ0) is 17.0. The molecule has 8 heteroatoms. The summed E-state index contributed by atoms with van der Waals surface area (Å²) in [4.78, 5) is 7.17. The first-order valence-electron chi connectivity index (χ1n) is 7.04. The number of halogens is 3. The maximum Gasteiger partial charge on any atom is 0.451 e. The van der Waals surface area contributed by atoms with Gasteiger partial charge in [0.1, 0.15) is 5.03 Å². The number of hydrogen-bond donors (Lipinski definition) is 1. The van der Waals surface area contributed by atoms with E-state index in [0.717, 1.165) is 11.8 Å². The summed E-state index contributed by atoms with van der Waals surface area (Å²) in [5, 5.41) is 10.6. The van der Waals surface area contributed by atoms with Crippen LogP contribution in [-0.4, -0.2) is 39.6 Å².